The number of fused-ring (bicyclic) bond motifs is 2. The number of epoxide rings is 2. The van der Waals surface area contributed by atoms with Crippen LogP contribution in [0.5, 0.6) is 34.8 Å². The molecule has 2 aliphatic rings. The highest BCUT2D eigenvalue weighted by Gasteiger charge is 2.22. The van der Waals surface area contributed by atoms with Crippen LogP contribution in [0.1, 0.15) is 0 Å². The molecule has 5 aromatic rings. The Balaban J connectivity index is 0.929. The minimum atomic E-state index is 0.265. The lowest BCUT2D eigenvalue weighted by atomic mass is 10.1. The first-order valence-corrected chi connectivity index (χ1v) is 14.8. The van der Waals surface area contributed by atoms with Gasteiger partial charge in [-0.05, 0) is 70.1 Å². The molecule has 1 aromatic heterocycles. The summed E-state index contributed by atoms with van der Waals surface area (Å²) >= 11 is 0. The van der Waals surface area contributed by atoms with Crippen molar-refractivity contribution in [1.82, 2.24) is 4.98 Å². The van der Waals surface area contributed by atoms with Gasteiger partial charge >= 0.3 is 0 Å². The Bertz CT molecular complexity index is 1600. The predicted octanol–water partition coefficient (Wildman–Crippen LogP) is 6.56. The molecule has 0 N–H and O–H groups in total. The monoisotopic (exact) mass is 595 g/mol. The highest BCUT2D eigenvalue weighted by molar-refractivity contribution is 5.86. The van der Waals surface area contributed by atoms with Crippen LogP contribution in [0.4, 0.5) is 0 Å². The van der Waals surface area contributed by atoms with E-state index in [1.807, 2.05) is 78.9 Å². The van der Waals surface area contributed by atoms with E-state index in [2.05, 4.69) is 4.98 Å². The Morgan fingerprint density at radius 3 is 1.36 bits per heavy atom. The summed E-state index contributed by atoms with van der Waals surface area (Å²) in [4.78, 5) is 4.55. The first-order chi connectivity index (χ1) is 21.7. The molecule has 2 atom stereocenters. The summed E-state index contributed by atoms with van der Waals surface area (Å²) in [5.41, 5.74) is 0. The van der Waals surface area contributed by atoms with Crippen molar-refractivity contribution in [2.45, 2.75) is 12.2 Å². The fourth-order valence-electron chi connectivity index (χ4n) is 4.66. The number of rotatable bonds is 16. The van der Waals surface area contributed by atoms with Crippen LogP contribution < -0.4 is 18.9 Å². The molecular formula is C35H33NO8. The number of hydrogen-bond donors (Lipinski definition) is 0. The highest BCUT2D eigenvalue weighted by atomic mass is 16.6. The largest absolute Gasteiger partial charge is 0.491 e. The highest BCUT2D eigenvalue weighted by Crippen LogP contribution is 2.31. The SMILES string of the molecule is c1cc(Oc2ccc3cc(OCCOCC4CO4)ccc3c2)nc(Oc2ccc3cc(OCCOCC4CO4)ccc3c2)c1. The number of nitrogens with zero attached hydrogens (tertiary/aromatic N) is 1. The van der Waals surface area contributed by atoms with Crippen LogP contribution in [0.3, 0.4) is 0 Å². The van der Waals surface area contributed by atoms with Crippen molar-refractivity contribution in [2.24, 2.45) is 0 Å². The summed E-state index contributed by atoms with van der Waals surface area (Å²) in [6, 6.07) is 29.2. The molecular weight excluding hydrogens is 562 g/mol. The van der Waals surface area contributed by atoms with E-state index >= 15 is 0 Å². The molecule has 0 radical (unpaired) electrons. The summed E-state index contributed by atoms with van der Waals surface area (Å²) in [6.07, 6.45) is 0.531. The molecule has 0 aliphatic carbocycles. The molecule has 3 heterocycles. The average molecular weight is 596 g/mol. The minimum Gasteiger partial charge on any atom is -0.491 e. The second kappa shape index (κ2) is 13.5. The lowest BCUT2D eigenvalue weighted by Crippen LogP contribution is -2.10. The first-order valence-electron chi connectivity index (χ1n) is 14.8. The van der Waals surface area contributed by atoms with Crippen molar-refractivity contribution in [1.29, 1.82) is 0 Å². The summed E-state index contributed by atoms with van der Waals surface area (Å²) in [6.45, 7) is 4.90. The molecule has 9 heteroatoms. The number of hydrogen-bond acceptors (Lipinski definition) is 9. The van der Waals surface area contributed by atoms with Crippen molar-refractivity contribution < 1.29 is 37.9 Å². The third-order valence-electron chi connectivity index (χ3n) is 7.11. The van der Waals surface area contributed by atoms with Gasteiger partial charge in [0.15, 0.2) is 0 Å². The van der Waals surface area contributed by atoms with Gasteiger partial charge in [0.2, 0.25) is 11.8 Å². The number of pyridine rings is 1. The first kappa shape index (κ1) is 28.4. The molecule has 0 bridgehead atoms. The normalized spacial score (nSPS) is 17.0. The van der Waals surface area contributed by atoms with Crippen molar-refractivity contribution in [3.63, 3.8) is 0 Å². The van der Waals surface area contributed by atoms with Crippen LogP contribution in [0.25, 0.3) is 21.5 Å². The van der Waals surface area contributed by atoms with Gasteiger partial charge in [-0.15, -0.1) is 0 Å². The summed E-state index contributed by atoms with van der Waals surface area (Å²) < 4.78 is 45.2. The Morgan fingerprint density at radius 1 is 0.523 bits per heavy atom. The van der Waals surface area contributed by atoms with Gasteiger partial charge in [0.25, 0.3) is 0 Å². The zero-order chi connectivity index (χ0) is 29.6. The van der Waals surface area contributed by atoms with Gasteiger partial charge in [0, 0.05) is 12.1 Å². The van der Waals surface area contributed by atoms with Crippen molar-refractivity contribution in [3.8, 4) is 34.8 Å². The van der Waals surface area contributed by atoms with E-state index in [0.717, 1.165) is 46.3 Å². The van der Waals surface area contributed by atoms with Gasteiger partial charge in [0.05, 0.1) is 39.6 Å². The molecule has 44 heavy (non-hydrogen) atoms. The van der Waals surface area contributed by atoms with Crippen LogP contribution in [0.2, 0.25) is 0 Å². The Hall–Kier alpha value is -4.41. The van der Waals surface area contributed by atoms with E-state index in [1.54, 1.807) is 12.1 Å². The maximum absolute atomic E-state index is 6.08. The second-order valence-corrected chi connectivity index (χ2v) is 10.6. The standard InChI is InChI=1S/C35H33NO8/c1-2-34(43-30-10-6-24-16-28(8-4-26(24)18-30)39-14-12-37-20-32-22-41-32)36-35(3-1)44-31-11-7-25-17-29(9-5-27(25)19-31)40-15-13-38-21-33-23-42-33/h1-11,16-19,32-33H,12-15,20-23H2. The van der Waals surface area contributed by atoms with Crippen LogP contribution in [0.15, 0.2) is 91.0 Å². The van der Waals surface area contributed by atoms with Crippen LogP contribution in [0, 0.1) is 0 Å². The lowest BCUT2D eigenvalue weighted by molar-refractivity contribution is 0.0879. The lowest BCUT2D eigenvalue weighted by Gasteiger charge is -2.11. The molecule has 0 saturated carbocycles. The van der Waals surface area contributed by atoms with Gasteiger partial charge in [-0.2, -0.15) is 4.98 Å². The molecule has 4 aromatic carbocycles. The van der Waals surface area contributed by atoms with Gasteiger partial charge in [-0.25, -0.2) is 0 Å². The number of ether oxygens (including phenoxy) is 8. The number of aromatic nitrogens is 1. The molecule has 9 nitrogen and oxygen atoms in total. The fourth-order valence-corrected chi connectivity index (χ4v) is 4.66. The van der Waals surface area contributed by atoms with Gasteiger partial charge in [-0.1, -0.05) is 30.3 Å². The fraction of sp³-hybridized carbons (Fsp3) is 0.286. The van der Waals surface area contributed by atoms with Crippen molar-refractivity contribution in [3.05, 3.63) is 91.0 Å². The van der Waals surface area contributed by atoms with Gasteiger partial charge in [0.1, 0.15) is 48.4 Å². The number of benzene rings is 4. The smallest absolute Gasteiger partial charge is 0.222 e. The molecule has 2 fully saturated rings. The molecule has 2 saturated heterocycles. The summed E-state index contributed by atoms with van der Waals surface area (Å²) in [7, 11) is 0. The van der Waals surface area contributed by atoms with E-state index in [1.165, 1.54) is 0 Å². The maximum atomic E-state index is 6.08. The predicted molar refractivity (Wildman–Crippen MR) is 164 cm³/mol. The van der Waals surface area contributed by atoms with Gasteiger partial charge in [-0.3, -0.25) is 0 Å². The zero-order valence-electron chi connectivity index (χ0n) is 24.2. The Labute approximate surface area is 255 Å². The molecule has 226 valence electrons. The van der Waals surface area contributed by atoms with Crippen molar-refractivity contribution in [2.75, 3.05) is 52.9 Å². The van der Waals surface area contributed by atoms with Crippen LogP contribution >= 0.6 is 0 Å². The average Bonchev–Trinajstić information content (AvgIpc) is 3.98. The minimum absolute atomic E-state index is 0.265. The van der Waals surface area contributed by atoms with E-state index < -0.39 is 0 Å². The van der Waals surface area contributed by atoms with E-state index in [-0.39, 0.29) is 12.2 Å². The zero-order valence-corrected chi connectivity index (χ0v) is 24.2. The van der Waals surface area contributed by atoms with E-state index in [0.29, 0.717) is 62.9 Å². The quantitative estimate of drug-likeness (QED) is 0.0929. The molecule has 7 rings (SSSR count). The van der Waals surface area contributed by atoms with Crippen LogP contribution in [-0.2, 0) is 18.9 Å². The van der Waals surface area contributed by atoms with E-state index in [4.69, 9.17) is 37.9 Å². The van der Waals surface area contributed by atoms with E-state index in [9.17, 15) is 0 Å². The summed E-state index contributed by atoms with van der Waals surface area (Å²) in [5, 5.41) is 4.17. The third-order valence-corrected chi connectivity index (χ3v) is 7.11. The topological polar surface area (TPSA) is 93.3 Å². The maximum Gasteiger partial charge on any atom is 0.222 e. The molecule has 2 unspecified atom stereocenters. The second-order valence-electron chi connectivity index (χ2n) is 10.6. The molecule has 0 spiro atoms. The third kappa shape index (κ3) is 7.94. The molecule has 2 aliphatic heterocycles. The Morgan fingerprint density at radius 2 is 0.932 bits per heavy atom. The summed E-state index contributed by atoms with van der Waals surface area (Å²) in [5.74, 6) is 3.83. The van der Waals surface area contributed by atoms with Crippen LogP contribution in [-0.4, -0.2) is 70.0 Å². The molecule has 0 amide bonds. The van der Waals surface area contributed by atoms with Crippen molar-refractivity contribution >= 4 is 21.5 Å². The Kier molecular flexibility index (Phi) is 8.69. The van der Waals surface area contributed by atoms with Gasteiger partial charge < -0.3 is 37.9 Å².